The zero-order valence-corrected chi connectivity index (χ0v) is 13.4. The van der Waals surface area contributed by atoms with E-state index in [-0.39, 0.29) is 18.6 Å². The topological polar surface area (TPSA) is 61.8 Å². The Hall–Kier alpha value is -1.14. The van der Waals surface area contributed by atoms with Gasteiger partial charge in [0.15, 0.2) is 0 Å². The van der Waals surface area contributed by atoms with Crippen molar-refractivity contribution in [2.45, 2.75) is 25.4 Å². The molecule has 6 heteroatoms. The number of aliphatic hydroxyl groups is 1. The van der Waals surface area contributed by atoms with Gasteiger partial charge < -0.3 is 15.2 Å². The van der Waals surface area contributed by atoms with E-state index >= 15 is 0 Å². The van der Waals surface area contributed by atoms with Crippen molar-refractivity contribution in [2.75, 3.05) is 38.2 Å². The number of hydrogen-bond donors (Lipinski definition) is 2. The summed E-state index contributed by atoms with van der Waals surface area (Å²) in [6, 6.07) is 7.23. The molecule has 2 N–H and O–H groups in total. The minimum absolute atomic E-state index is 0.0484. The number of aliphatic hydroxyl groups excluding tert-OH is 1. The molecule has 0 aliphatic carbocycles. The van der Waals surface area contributed by atoms with Crippen LogP contribution in [0.5, 0.6) is 0 Å². The second kappa shape index (κ2) is 9.10. The minimum Gasteiger partial charge on any atom is -0.396 e. The molecule has 2 rings (SSSR count). The number of amides is 1. The lowest BCUT2D eigenvalue weighted by atomic mass is 10.1. The molecule has 1 aromatic carbocycles. The van der Waals surface area contributed by atoms with E-state index in [0.717, 1.165) is 25.9 Å². The van der Waals surface area contributed by atoms with Gasteiger partial charge in [0, 0.05) is 26.3 Å². The van der Waals surface area contributed by atoms with Gasteiger partial charge in [-0.05, 0) is 31.4 Å². The highest BCUT2D eigenvalue weighted by Crippen LogP contribution is 2.20. The quantitative estimate of drug-likeness (QED) is 0.754. The smallest absolute Gasteiger partial charge is 0.238 e. The largest absolute Gasteiger partial charge is 0.396 e. The molecular weight excluding hydrogens is 304 g/mol. The summed E-state index contributed by atoms with van der Waals surface area (Å²) >= 11 is 6.03. The number of carbonyl (C=O) groups excluding carboxylic acids is 1. The molecule has 22 heavy (non-hydrogen) atoms. The number of piperidine rings is 1. The van der Waals surface area contributed by atoms with E-state index in [1.807, 2.05) is 12.1 Å². The summed E-state index contributed by atoms with van der Waals surface area (Å²) in [4.78, 5) is 14.2. The van der Waals surface area contributed by atoms with Crippen molar-refractivity contribution in [2.24, 2.45) is 0 Å². The maximum absolute atomic E-state index is 12.1. The van der Waals surface area contributed by atoms with Gasteiger partial charge in [-0.15, -0.1) is 0 Å². The van der Waals surface area contributed by atoms with E-state index in [9.17, 15) is 4.79 Å². The first-order valence-electron chi connectivity index (χ1n) is 7.68. The molecule has 1 aliphatic heterocycles. The molecule has 1 saturated heterocycles. The third-order valence-electron chi connectivity index (χ3n) is 3.71. The van der Waals surface area contributed by atoms with E-state index in [2.05, 4.69) is 10.2 Å². The zero-order valence-electron chi connectivity index (χ0n) is 12.6. The van der Waals surface area contributed by atoms with Crippen LogP contribution in [0.3, 0.4) is 0 Å². The number of likely N-dealkylation sites (tertiary alicyclic amines) is 1. The summed E-state index contributed by atoms with van der Waals surface area (Å²) in [5.74, 6) is -0.0484. The van der Waals surface area contributed by atoms with Crippen LogP contribution in [0.15, 0.2) is 24.3 Å². The monoisotopic (exact) mass is 326 g/mol. The normalized spacial score (nSPS) is 16.6. The van der Waals surface area contributed by atoms with Crippen molar-refractivity contribution in [3.63, 3.8) is 0 Å². The van der Waals surface area contributed by atoms with Crippen molar-refractivity contribution in [1.82, 2.24) is 4.90 Å². The van der Waals surface area contributed by atoms with Gasteiger partial charge in [0.25, 0.3) is 0 Å². The van der Waals surface area contributed by atoms with Gasteiger partial charge in [0.05, 0.1) is 23.4 Å². The molecule has 0 radical (unpaired) electrons. The van der Waals surface area contributed by atoms with Crippen LogP contribution < -0.4 is 5.32 Å². The fraction of sp³-hybridized carbons (Fsp3) is 0.562. The number of carbonyl (C=O) groups is 1. The van der Waals surface area contributed by atoms with Crippen molar-refractivity contribution in [3.8, 4) is 0 Å². The van der Waals surface area contributed by atoms with E-state index in [1.54, 1.807) is 12.1 Å². The van der Waals surface area contributed by atoms with Gasteiger partial charge in [-0.25, -0.2) is 0 Å². The van der Waals surface area contributed by atoms with Crippen molar-refractivity contribution < 1.29 is 14.6 Å². The maximum atomic E-state index is 12.1. The number of anilines is 1. The average Bonchev–Trinajstić information content (AvgIpc) is 2.51. The number of rotatable bonds is 7. The van der Waals surface area contributed by atoms with Gasteiger partial charge in [-0.1, -0.05) is 23.7 Å². The summed E-state index contributed by atoms with van der Waals surface area (Å²) in [6.45, 7) is 2.84. The molecule has 1 fully saturated rings. The SMILES string of the molecule is O=C(CN1CCC(OCCCO)CC1)Nc1ccccc1Cl. The zero-order chi connectivity index (χ0) is 15.8. The number of ether oxygens (including phenoxy) is 1. The van der Waals surface area contributed by atoms with Crippen molar-refractivity contribution in [1.29, 1.82) is 0 Å². The minimum atomic E-state index is -0.0484. The molecule has 5 nitrogen and oxygen atoms in total. The third-order valence-corrected chi connectivity index (χ3v) is 4.04. The van der Waals surface area contributed by atoms with E-state index in [1.165, 1.54) is 0 Å². The van der Waals surface area contributed by atoms with Crippen molar-refractivity contribution in [3.05, 3.63) is 29.3 Å². The highest BCUT2D eigenvalue weighted by molar-refractivity contribution is 6.33. The van der Waals surface area contributed by atoms with Gasteiger partial charge in [-0.3, -0.25) is 9.69 Å². The highest BCUT2D eigenvalue weighted by atomic mass is 35.5. The van der Waals surface area contributed by atoms with Crippen LogP contribution >= 0.6 is 11.6 Å². The number of benzene rings is 1. The molecule has 1 amide bonds. The Morgan fingerprint density at radius 2 is 2.09 bits per heavy atom. The Morgan fingerprint density at radius 1 is 1.36 bits per heavy atom. The molecule has 122 valence electrons. The first kappa shape index (κ1) is 17.2. The summed E-state index contributed by atoms with van der Waals surface area (Å²) in [5, 5.41) is 12.1. The molecule has 1 aromatic rings. The first-order chi connectivity index (χ1) is 10.7. The second-order valence-electron chi connectivity index (χ2n) is 5.45. The predicted octanol–water partition coefficient (Wildman–Crippen LogP) is 2.14. The highest BCUT2D eigenvalue weighted by Gasteiger charge is 2.21. The Bertz CT molecular complexity index is 476. The molecule has 0 atom stereocenters. The van der Waals surface area contributed by atoms with Crippen LogP contribution in [-0.2, 0) is 9.53 Å². The van der Waals surface area contributed by atoms with Crippen LogP contribution in [0.4, 0.5) is 5.69 Å². The van der Waals surface area contributed by atoms with Crippen LogP contribution in [-0.4, -0.2) is 54.9 Å². The van der Waals surface area contributed by atoms with Gasteiger partial charge in [0.2, 0.25) is 5.91 Å². The molecule has 0 spiro atoms. The van der Waals surface area contributed by atoms with Crippen LogP contribution in [0.2, 0.25) is 5.02 Å². The van der Waals surface area contributed by atoms with Crippen LogP contribution in [0.25, 0.3) is 0 Å². The molecule has 0 aromatic heterocycles. The fourth-order valence-electron chi connectivity index (χ4n) is 2.50. The van der Waals surface area contributed by atoms with Crippen LogP contribution in [0, 0.1) is 0 Å². The molecule has 0 unspecified atom stereocenters. The van der Waals surface area contributed by atoms with Gasteiger partial charge >= 0.3 is 0 Å². The summed E-state index contributed by atoms with van der Waals surface area (Å²) in [6.07, 6.45) is 2.77. The number of nitrogens with zero attached hydrogens (tertiary/aromatic N) is 1. The first-order valence-corrected chi connectivity index (χ1v) is 8.06. The lowest BCUT2D eigenvalue weighted by Crippen LogP contribution is -2.41. The Kier molecular flexibility index (Phi) is 7.12. The number of para-hydroxylation sites is 1. The Morgan fingerprint density at radius 3 is 2.77 bits per heavy atom. The van der Waals surface area contributed by atoms with Crippen molar-refractivity contribution >= 4 is 23.2 Å². The van der Waals surface area contributed by atoms with Gasteiger partial charge in [0.1, 0.15) is 0 Å². The Balaban J connectivity index is 1.69. The van der Waals surface area contributed by atoms with E-state index < -0.39 is 0 Å². The third kappa shape index (κ3) is 5.57. The average molecular weight is 327 g/mol. The lowest BCUT2D eigenvalue weighted by molar-refractivity contribution is -0.118. The molecule has 0 saturated carbocycles. The molecule has 1 aliphatic rings. The molecule has 1 heterocycles. The molecule has 0 bridgehead atoms. The van der Waals surface area contributed by atoms with E-state index in [0.29, 0.717) is 30.3 Å². The lowest BCUT2D eigenvalue weighted by Gasteiger charge is -2.31. The summed E-state index contributed by atoms with van der Waals surface area (Å²) < 4.78 is 5.68. The fourth-order valence-corrected chi connectivity index (χ4v) is 2.69. The molecular formula is C16H23ClN2O3. The second-order valence-corrected chi connectivity index (χ2v) is 5.86. The van der Waals surface area contributed by atoms with E-state index in [4.69, 9.17) is 21.4 Å². The van der Waals surface area contributed by atoms with Crippen LogP contribution in [0.1, 0.15) is 19.3 Å². The maximum Gasteiger partial charge on any atom is 0.238 e. The van der Waals surface area contributed by atoms with Gasteiger partial charge in [-0.2, -0.15) is 0 Å². The predicted molar refractivity (Wildman–Crippen MR) is 87.2 cm³/mol. The number of halogens is 1. The standard InChI is InChI=1S/C16H23ClN2O3/c17-14-4-1-2-5-15(14)18-16(21)12-19-8-6-13(7-9-19)22-11-3-10-20/h1-2,4-5,13,20H,3,6-12H2,(H,18,21). The summed E-state index contributed by atoms with van der Waals surface area (Å²) in [7, 11) is 0. The summed E-state index contributed by atoms with van der Waals surface area (Å²) in [5.41, 5.74) is 0.649. The number of nitrogens with one attached hydrogen (secondary N) is 1. The number of hydrogen-bond acceptors (Lipinski definition) is 4. The Labute approximate surface area is 136 Å².